The topological polar surface area (TPSA) is 49.8 Å². The molecule has 104 valence electrons. The first-order valence-corrected chi connectivity index (χ1v) is 6.54. The fourth-order valence-corrected chi connectivity index (χ4v) is 2.27. The third kappa shape index (κ3) is 3.19. The molecule has 0 saturated carbocycles. The molecule has 0 aromatic heterocycles. The van der Waals surface area contributed by atoms with Gasteiger partial charge in [0.2, 0.25) is 0 Å². The largest absolute Gasteiger partial charge is 0.478 e. The summed E-state index contributed by atoms with van der Waals surface area (Å²) in [5.41, 5.74) is -1.74. The maximum absolute atomic E-state index is 12.3. The molecule has 0 aliphatic carbocycles. The molecular weight excluding hydrogens is 266 g/mol. The lowest BCUT2D eigenvalue weighted by Gasteiger charge is -2.46. The predicted octanol–water partition coefficient (Wildman–Crippen LogP) is 2.09. The highest BCUT2D eigenvalue weighted by atomic mass is 35.5. The van der Waals surface area contributed by atoms with Crippen molar-refractivity contribution < 1.29 is 14.6 Å². The Morgan fingerprint density at radius 1 is 1.37 bits per heavy atom. The van der Waals surface area contributed by atoms with Gasteiger partial charge in [0.05, 0.1) is 18.7 Å². The van der Waals surface area contributed by atoms with E-state index in [1.165, 1.54) is 0 Å². The van der Waals surface area contributed by atoms with Crippen LogP contribution in [0.4, 0.5) is 0 Å². The van der Waals surface area contributed by atoms with Crippen LogP contribution in [0, 0.1) is 0 Å². The Hall–Kier alpha value is -1.26. The highest BCUT2D eigenvalue weighted by molar-refractivity contribution is 6.30. The zero-order valence-corrected chi connectivity index (χ0v) is 12.1. The van der Waals surface area contributed by atoms with Crippen LogP contribution in [0.3, 0.4) is 0 Å². The Morgan fingerprint density at radius 2 is 1.89 bits per heavy atom. The van der Waals surface area contributed by atoms with Gasteiger partial charge in [0.15, 0.2) is 5.60 Å². The summed E-state index contributed by atoms with van der Waals surface area (Å²) in [6, 6.07) is 6.88. The van der Waals surface area contributed by atoms with Gasteiger partial charge in [0, 0.05) is 5.02 Å². The molecule has 2 rings (SSSR count). The van der Waals surface area contributed by atoms with Crippen LogP contribution in [0.15, 0.2) is 24.3 Å². The first-order chi connectivity index (χ1) is 8.70. The third-order valence-corrected chi connectivity index (χ3v) is 3.30. The highest BCUT2D eigenvalue weighted by Gasteiger charge is 2.45. The van der Waals surface area contributed by atoms with E-state index in [2.05, 4.69) is 0 Å². The number of halogens is 1. The normalized spacial score (nSPS) is 17.8. The summed E-state index contributed by atoms with van der Waals surface area (Å²) in [6.45, 7) is 5.84. The fourth-order valence-electron chi connectivity index (χ4n) is 2.14. The van der Waals surface area contributed by atoms with E-state index in [-0.39, 0.29) is 5.91 Å². The van der Waals surface area contributed by atoms with E-state index in [4.69, 9.17) is 16.3 Å². The number of β-amino-alcohol motifs (C(OH)–C–C–N with tert-alkyl or cyclic N) is 1. The zero-order chi connectivity index (χ0) is 14.3. The smallest absolute Gasteiger partial charge is 0.266 e. The average molecular weight is 284 g/mol. The molecule has 1 aliphatic heterocycles. The van der Waals surface area contributed by atoms with Crippen LogP contribution < -0.4 is 4.74 Å². The van der Waals surface area contributed by atoms with Gasteiger partial charge >= 0.3 is 0 Å². The monoisotopic (exact) mass is 283 g/mol. The Morgan fingerprint density at radius 3 is 2.37 bits per heavy atom. The van der Waals surface area contributed by atoms with Crippen molar-refractivity contribution in [1.82, 2.24) is 4.90 Å². The molecule has 1 heterocycles. The second-order valence-electron chi connectivity index (χ2n) is 5.72. The molecule has 1 aromatic rings. The molecule has 0 radical (unpaired) electrons. The zero-order valence-electron chi connectivity index (χ0n) is 11.3. The van der Waals surface area contributed by atoms with E-state index in [1.54, 1.807) is 49.9 Å². The van der Waals surface area contributed by atoms with Crippen molar-refractivity contribution >= 4 is 17.5 Å². The van der Waals surface area contributed by atoms with Crippen molar-refractivity contribution in [2.24, 2.45) is 0 Å². The van der Waals surface area contributed by atoms with Gasteiger partial charge in [-0.15, -0.1) is 0 Å². The van der Waals surface area contributed by atoms with Gasteiger partial charge in [-0.2, -0.15) is 0 Å². The molecule has 5 heteroatoms. The second-order valence-corrected chi connectivity index (χ2v) is 6.16. The number of carbonyl (C=O) groups excluding carboxylic acids is 1. The maximum atomic E-state index is 12.3. The standard InChI is InChI=1S/C14H18ClNO3/c1-13(2,12(17)16-8-14(3,18)9-16)19-11-6-4-10(15)5-7-11/h4-7,18H,8-9H2,1-3H3. The second kappa shape index (κ2) is 4.69. The minimum absolute atomic E-state index is 0.131. The summed E-state index contributed by atoms with van der Waals surface area (Å²) >= 11 is 5.80. The number of aliphatic hydroxyl groups is 1. The average Bonchev–Trinajstić information content (AvgIpc) is 2.27. The molecule has 1 N–H and O–H groups in total. The Kier molecular flexibility index (Phi) is 3.49. The van der Waals surface area contributed by atoms with E-state index in [9.17, 15) is 9.90 Å². The van der Waals surface area contributed by atoms with Gasteiger partial charge in [0.1, 0.15) is 5.75 Å². The summed E-state index contributed by atoms with van der Waals surface area (Å²) in [4.78, 5) is 13.9. The van der Waals surface area contributed by atoms with Gasteiger partial charge < -0.3 is 14.7 Å². The molecule has 1 amide bonds. The lowest BCUT2D eigenvalue weighted by atomic mass is 9.94. The van der Waals surface area contributed by atoms with Crippen LogP contribution in [0.1, 0.15) is 20.8 Å². The van der Waals surface area contributed by atoms with Gasteiger partial charge in [0.25, 0.3) is 5.91 Å². The molecule has 1 aliphatic rings. The minimum Gasteiger partial charge on any atom is -0.478 e. The molecule has 0 spiro atoms. The summed E-state index contributed by atoms with van der Waals surface area (Å²) in [5, 5.41) is 10.3. The van der Waals surface area contributed by atoms with Gasteiger partial charge in [-0.25, -0.2) is 0 Å². The van der Waals surface area contributed by atoms with Crippen molar-refractivity contribution in [2.45, 2.75) is 32.0 Å². The third-order valence-electron chi connectivity index (χ3n) is 3.05. The van der Waals surface area contributed by atoms with E-state index in [0.717, 1.165) is 0 Å². The quantitative estimate of drug-likeness (QED) is 0.924. The number of rotatable bonds is 3. The number of likely N-dealkylation sites (tertiary alicyclic amines) is 1. The first kappa shape index (κ1) is 14.2. The summed E-state index contributed by atoms with van der Waals surface area (Å²) in [7, 11) is 0. The first-order valence-electron chi connectivity index (χ1n) is 6.16. The number of amides is 1. The molecule has 0 atom stereocenters. The van der Waals surface area contributed by atoms with E-state index < -0.39 is 11.2 Å². The molecule has 19 heavy (non-hydrogen) atoms. The molecule has 4 nitrogen and oxygen atoms in total. The van der Waals surface area contributed by atoms with E-state index >= 15 is 0 Å². The fraction of sp³-hybridized carbons (Fsp3) is 0.500. The lowest BCUT2D eigenvalue weighted by molar-refractivity contribution is -0.166. The predicted molar refractivity (Wildman–Crippen MR) is 73.4 cm³/mol. The highest BCUT2D eigenvalue weighted by Crippen LogP contribution is 2.27. The summed E-state index contributed by atoms with van der Waals surface area (Å²) in [5.74, 6) is 0.462. The maximum Gasteiger partial charge on any atom is 0.266 e. The molecular formula is C14H18ClNO3. The molecule has 0 unspecified atom stereocenters. The van der Waals surface area contributed by atoms with Gasteiger partial charge in [-0.3, -0.25) is 4.79 Å². The van der Waals surface area contributed by atoms with Crippen molar-refractivity contribution in [1.29, 1.82) is 0 Å². The summed E-state index contributed by atoms with van der Waals surface area (Å²) < 4.78 is 5.71. The van der Waals surface area contributed by atoms with Crippen LogP contribution >= 0.6 is 11.6 Å². The van der Waals surface area contributed by atoms with Crippen molar-refractivity contribution in [3.63, 3.8) is 0 Å². The number of benzene rings is 1. The lowest BCUT2D eigenvalue weighted by Crippen LogP contribution is -2.65. The van der Waals surface area contributed by atoms with E-state index in [1.807, 2.05) is 0 Å². The molecule has 1 fully saturated rings. The number of nitrogens with zero attached hydrogens (tertiary/aromatic N) is 1. The number of hydrogen-bond acceptors (Lipinski definition) is 3. The van der Waals surface area contributed by atoms with Crippen LogP contribution in [0.2, 0.25) is 5.02 Å². The van der Waals surface area contributed by atoms with Crippen LogP contribution in [0.5, 0.6) is 5.75 Å². The van der Waals surface area contributed by atoms with Crippen molar-refractivity contribution in [3.05, 3.63) is 29.3 Å². The Bertz CT molecular complexity index is 474. The number of ether oxygens (including phenoxy) is 1. The van der Waals surface area contributed by atoms with Crippen molar-refractivity contribution in [3.8, 4) is 5.75 Å². The Labute approximate surface area is 117 Å². The number of carbonyl (C=O) groups is 1. The van der Waals surface area contributed by atoms with Crippen LogP contribution in [0.25, 0.3) is 0 Å². The number of hydrogen-bond donors (Lipinski definition) is 1. The van der Waals surface area contributed by atoms with Crippen LogP contribution in [-0.2, 0) is 4.79 Å². The van der Waals surface area contributed by atoms with Gasteiger partial charge in [-0.1, -0.05) is 11.6 Å². The van der Waals surface area contributed by atoms with Crippen LogP contribution in [-0.4, -0.2) is 40.2 Å². The van der Waals surface area contributed by atoms with E-state index in [0.29, 0.717) is 23.9 Å². The SMILES string of the molecule is CC1(O)CN(C(=O)C(C)(C)Oc2ccc(Cl)cc2)C1. The van der Waals surface area contributed by atoms with Crippen molar-refractivity contribution in [2.75, 3.05) is 13.1 Å². The molecule has 0 bridgehead atoms. The molecule has 1 saturated heterocycles. The van der Waals surface area contributed by atoms with Gasteiger partial charge in [-0.05, 0) is 45.0 Å². The molecule has 1 aromatic carbocycles. The Balaban J connectivity index is 2.02. The minimum atomic E-state index is -0.968. The summed E-state index contributed by atoms with van der Waals surface area (Å²) in [6.07, 6.45) is 0.